The van der Waals surface area contributed by atoms with Crippen molar-refractivity contribution in [1.82, 2.24) is 4.90 Å². The molecule has 6 aromatic carbocycles. The highest BCUT2D eigenvalue weighted by Gasteiger charge is 2.19. The van der Waals surface area contributed by atoms with Crippen LogP contribution in [0.25, 0.3) is 32.3 Å². The second-order valence-electron chi connectivity index (χ2n) is 9.99. The predicted octanol–water partition coefficient (Wildman–Crippen LogP) is 5.48. The normalized spacial score (nSPS) is 11.6. The van der Waals surface area contributed by atoms with Crippen molar-refractivity contribution < 1.29 is 19.5 Å². The molecule has 0 aliphatic rings. The quantitative estimate of drug-likeness (QED) is 0.197. The molecule has 0 bridgehead atoms. The van der Waals surface area contributed by atoms with Crippen LogP contribution in [0.15, 0.2) is 97.1 Å². The molecule has 0 heterocycles. The third kappa shape index (κ3) is 4.79. The average Bonchev–Trinajstić information content (AvgIpc) is 2.96. The molecule has 0 unspecified atom stereocenters. The standard InChI is InChI=1S/C33H30BNO4/c1-38-30-17-10-22(18-31(30)39-2)19-35(21-27-6-3-4-9-29(27)34(36)37)20-26-14-13-25-12-11-23-7-5-8-24-15-16-28(26)33(25)32(23)24/h3-18,36-37H,19-21H2,1-2H3. The van der Waals surface area contributed by atoms with Crippen molar-refractivity contribution in [2.45, 2.75) is 19.6 Å². The smallest absolute Gasteiger partial charge is 0.488 e. The molecule has 0 aliphatic heterocycles. The largest absolute Gasteiger partial charge is 0.493 e. The molecule has 6 rings (SSSR count). The molecule has 6 aromatic rings. The van der Waals surface area contributed by atoms with Crippen molar-refractivity contribution >= 4 is 44.9 Å². The summed E-state index contributed by atoms with van der Waals surface area (Å²) < 4.78 is 11.0. The number of ether oxygens (including phenoxy) is 2. The molecule has 0 fully saturated rings. The van der Waals surface area contributed by atoms with E-state index in [1.165, 1.54) is 37.9 Å². The lowest BCUT2D eigenvalue weighted by molar-refractivity contribution is 0.248. The van der Waals surface area contributed by atoms with Gasteiger partial charge in [0.15, 0.2) is 11.5 Å². The van der Waals surface area contributed by atoms with Crippen LogP contribution in [0.2, 0.25) is 0 Å². The molecule has 0 aliphatic carbocycles. The van der Waals surface area contributed by atoms with E-state index in [2.05, 4.69) is 59.5 Å². The maximum Gasteiger partial charge on any atom is 0.488 e. The van der Waals surface area contributed by atoms with Gasteiger partial charge in [-0.15, -0.1) is 0 Å². The predicted molar refractivity (Wildman–Crippen MR) is 159 cm³/mol. The highest BCUT2D eigenvalue weighted by Crippen LogP contribution is 2.36. The van der Waals surface area contributed by atoms with E-state index in [0.29, 0.717) is 36.6 Å². The van der Waals surface area contributed by atoms with Crippen LogP contribution in [0.4, 0.5) is 0 Å². The van der Waals surface area contributed by atoms with Crippen molar-refractivity contribution in [3.05, 3.63) is 114 Å². The third-order valence-corrected chi connectivity index (χ3v) is 7.59. The van der Waals surface area contributed by atoms with E-state index in [9.17, 15) is 10.0 Å². The number of hydrogen-bond donors (Lipinski definition) is 2. The van der Waals surface area contributed by atoms with Crippen LogP contribution in [-0.2, 0) is 19.6 Å². The maximum absolute atomic E-state index is 10.0. The highest BCUT2D eigenvalue weighted by molar-refractivity contribution is 6.59. The summed E-state index contributed by atoms with van der Waals surface area (Å²) in [6, 6.07) is 33.2. The summed E-state index contributed by atoms with van der Waals surface area (Å²) in [6.45, 7) is 1.86. The Hall–Kier alpha value is -4.10. The molecule has 0 aromatic heterocycles. The number of rotatable bonds is 9. The van der Waals surface area contributed by atoms with Gasteiger partial charge in [0.05, 0.1) is 14.2 Å². The lowest BCUT2D eigenvalue weighted by Gasteiger charge is -2.25. The average molecular weight is 515 g/mol. The fourth-order valence-electron chi connectivity index (χ4n) is 5.75. The molecule has 0 spiro atoms. The lowest BCUT2D eigenvalue weighted by Crippen LogP contribution is -2.35. The van der Waals surface area contributed by atoms with Gasteiger partial charge >= 0.3 is 7.12 Å². The fourth-order valence-corrected chi connectivity index (χ4v) is 5.75. The van der Waals surface area contributed by atoms with Gasteiger partial charge in [-0.1, -0.05) is 84.9 Å². The minimum Gasteiger partial charge on any atom is -0.493 e. The van der Waals surface area contributed by atoms with E-state index >= 15 is 0 Å². The van der Waals surface area contributed by atoms with Gasteiger partial charge in [0.1, 0.15) is 0 Å². The van der Waals surface area contributed by atoms with E-state index in [0.717, 1.165) is 11.1 Å². The molecule has 0 saturated heterocycles. The van der Waals surface area contributed by atoms with Crippen molar-refractivity contribution in [2.24, 2.45) is 0 Å². The van der Waals surface area contributed by atoms with Crippen LogP contribution in [-0.4, -0.2) is 36.3 Å². The Bertz CT molecular complexity index is 1750. The summed E-state index contributed by atoms with van der Waals surface area (Å²) in [4.78, 5) is 2.33. The summed E-state index contributed by atoms with van der Waals surface area (Å²) >= 11 is 0. The summed E-state index contributed by atoms with van der Waals surface area (Å²) in [6.07, 6.45) is 0. The molecule has 194 valence electrons. The van der Waals surface area contributed by atoms with Crippen molar-refractivity contribution in [3.8, 4) is 11.5 Å². The topological polar surface area (TPSA) is 62.2 Å². The van der Waals surface area contributed by atoms with Crippen LogP contribution >= 0.6 is 0 Å². The SMILES string of the molecule is COc1ccc(CN(Cc2ccccc2B(O)O)Cc2ccc3ccc4cccc5ccc2c3c45)cc1OC. The van der Waals surface area contributed by atoms with Crippen LogP contribution in [0.3, 0.4) is 0 Å². The van der Waals surface area contributed by atoms with E-state index in [1.807, 2.05) is 36.4 Å². The first-order chi connectivity index (χ1) is 19.1. The van der Waals surface area contributed by atoms with Gasteiger partial charge < -0.3 is 19.5 Å². The molecule has 39 heavy (non-hydrogen) atoms. The van der Waals surface area contributed by atoms with Crippen LogP contribution < -0.4 is 14.9 Å². The molecular weight excluding hydrogens is 485 g/mol. The molecular formula is C33H30BNO4. The molecule has 0 atom stereocenters. The minimum atomic E-state index is -1.53. The first-order valence-corrected chi connectivity index (χ1v) is 13.1. The summed E-state index contributed by atoms with van der Waals surface area (Å²) in [7, 11) is 1.75. The van der Waals surface area contributed by atoms with Gasteiger partial charge in [0.2, 0.25) is 0 Å². The number of nitrogens with zero attached hydrogens (tertiary/aromatic N) is 1. The molecule has 0 radical (unpaired) electrons. The number of hydrogen-bond acceptors (Lipinski definition) is 5. The zero-order valence-electron chi connectivity index (χ0n) is 22.1. The molecule has 6 heteroatoms. The van der Waals surface area contributed by atoms with Crippen molar-refractivity contribution in [1.29, 1.82) is 0 Å². The molecule has 2 N–H and O–H groups in total. The Morgan fingerprint density at radius 2 is 1.28 bits per heavy atom. The fraction of sp³-hybridized carbons (Fsp3) is 0.152. The van der Waals surface area contributed by atoms with Crippen molar-refractivity contribution in [2.75, 3.05) is 14.2 Å². The van der Waals surface area contributed by atoms with E-state index in [1.54, 1.807) is 20.3 Å². The highest BCUT2D eigenvalue weighted by atomic mass is 16.5. The van der Waals surface area contributed by atoms with E-state index < -0.39 is 7.12 Å². The Morgan fingerprint density at radius 3 is 2.03 bits per heavy atom. The Morgan fingerprint density at radius 1 is 0.615 bits per heavy atom. The Kier molecular flexibility index (Phi) is 6.84. The zero-order chi connectivity index (χ0) is 26.9. The Balaban J connectivity index is 1.43. The second-order valence-corrected chi connectivity index (χ2v) is 9.99. The number of benzene rings is 6. The van der Waals surface area contributed by atoms with Gasteiger partial charge in [-0.3, -0.25) is 4.90 Å². The molecule has 0 amide bonds. The minimum absolute atomic E-state index is 0.519. The van der Waals surface area contributed by atoms with E-state index in [-0.39, 0.29) is 0 Å². The molecule has 5 nitrogen and oxygen atoms in total. The lowest BCUT2D eigenvalue weighted by atomic mass is 9.77. The van der Waals surface area contributed by atoms with Crippen LogP contribution in [0.1, 0.15) is 16.7 Å². The second kappa shape index (κ2) is 10.6. The van der Waals surface area contributed by atoms with E-state index in [4.69, 9.17) is 9.47 Å². The van der Waals surface area contributed by atoms with Gasteiger partial charge in [-0.05, 0) is 66.6 Å². The monoisotopic (exact) mass is 515 g/mol. The van der Waals surface area contributed by atoms with Gasteiger partial charge in [-0.2, -0.15) is 0 Å². The zero-order valence-corrected chi connectivity index (χ0v) is 22.1. The Labute approximate surface area is 228 Å². The van der Waals surface area contributed by atoms with Crippen molar-refractivity contribution in [3.63, 3.8) is 0 Å². The maximum atomic E-state index is 10.0. The van der Waals surface area contributed by atoms with Gasteiger partial charge in [-0.25, -0.2) is 0 Å². The van der Waals surface area contributed by atoms with Gasteiger partial charge in [0.25, 0.3) is 0 Å². The summed E-state index contributed by atoms with van der Waals surface area (Å²) in [5, 5.41) is 27.6. The van der Waals surface area contributed by atoms with Crippen LogP contribution in [0, 0.1) is 0 Å². The molecule has 0 saturated carbocycles. The van der Waals surface area contributed by atoms with Gasteiger partial charge in [0, 0.05) is 19.6 Å². The first-order valence-electron chi connectivity index (χ1n) is 13.1. The third-order valence-electron chi connectivity index (χ3n) is 7.59. The van der Waals surface area contributed by atoms with Crippen LogP contribution in [0.5, 0.6) is 11.5 Å². The summed E-state index contributed by atoms with van der Waals surface area (Å²) in [5.74, 6) is 1.37. The first kappa shape index (κ1) is 25.2. The summed E-state index contributed by atoms with van der Waals surface area (Å²) in [5.41, 5.74) is 3.70. The number of methoxy groups -OCH3 is 2.